The Morgan fingerprint density at radius 2 is 1.76 bits per heavy atom. The number of anilines is 1. The van der Waals surface area contributed by atoms with Crippen LogP contribution in [0.1, 0.15) is 38.7 Å². The Kier molecular flexibility index (Phi) is 6.99. The molecule has 37 heavy (non-hydrogen) atoms. The van der Waals surface area contributed by atoms with E-state index in [-0.39, 0.29) is 24.5 Å². The molecule has 4 aromatic carbocycles. The summed E-state index contributed by atoms with van der Waals surface area (Å²) in [7, 11) is 0. The van der Waals surface area contributed by atoms with Gasteiger partial charge in [0.2, 0.25) is 0 Å². The molecule has 1 aliphatic heterocycles. The molecule has 0 fully saturated rings. The number of amides is 2. The number of hydrogen-bond donors (Lipinski definition) is 1. The van der Waals surface area contributed by atoms with E-state index in [4.69, 9.17) is 4.74 Å². The molecule has 5 nitrogen and oxygen atoms in total. The molecule has 5 rings (SSSR count). The number of nitrogens with zero attached hydrogens (tertiary/aromatic N) is 1. The molecule has 0 radical (unpaired) electrons. The van der Waals surface area contributed by atoms with E-state index in [9.17, 15) is 14.0 Å². The topological polar surface area (TPSA) is 58.6 Å². The van der Waals surface area contributed by atoms with Crippen molar-refractivity contribution in [3.63, 3.8) is 0 Å². The van der Waals surface area contributed by atoms with E-state index in [1.165, 1.54) is 18.2 Å². The summed E-state index contributed by atoms with van der Waals surface area (Å²) < 4.78 is 19.2. The van der Waals surface area contributed by atoms with Crippen LogP contribution in [0, 0.1) is 12.7 Å². The molecule has 1 atom stereocenters. The van der Waals surface area contributed by atoms with Gasteiger partial charge in [0, 0.05) is 17.8 Å². The van der Waals surface area contributed by atoms with Crippen molar-refractivity contribution >= 4 is 17.5 Å². The van der Waals surface area contributed by atoms with Crippen LogP contribution in [0.2, 0.25) is 0 Å². The van der Waals surface area contributed by atoms with Gasteiger partial charge in [0.25, 0.3) is 11.8 Å². The second-order valence-corrected chi connectivity index (χ2v) is 9.14. The van der Waals surface area contributed by atoms with Crippen molar-refractivity contribution in [1.29, 1.82) is 0 Å². The molecule has 1 heterocycles. The largest absolute Gasteiger partial charge is 0.484 e. The van der Waals surface area contributed by atoms with Gasteiger partial charge >= 0.3 is 0 Å². The number of rotatable bonds is 6. The lowest BCUT2D eigenvalue weighted by Gasteiger charge is -2.38. The van der Waals surface area contributed by atoms with Crippen molar-refractivity contribution in [3.05, 3.63) is 131 Å². The summed E-state index contributed by atoms with van der Waals surface area (Å²) in [5.41, 5.74) is 5.26. The van der Waals surface area contributed by atoms with Gasteiger partial charge in [-0.15, -0.1) is 0 Å². The van der Waals surface area contributed by atoms with Gasteiger partial charge in [0.1, 0.15) is 11.6 Å². The van der Waals surface area contributed by atoms with Crippen molar-refractivity contribution < 1.29 is 18.7 Å². The third-order valence-electron chi connectivity index (χ3n) is 6.46. The van der Waals surface area contributed by atoms with Crippen molar-refractivity contribution in [3.8, 4) is 5.75 Å². The molecule has 0 unspecified atom stereocenters. The minimum atomic E-state index is -0.426. The minimum Gasteiger partial charge on any atom is -0.484 e. The highest BCUT2D eigenvalue weighted by Crippen LogP contribution is 2.38. The third-order valence-corrected chi connectivity index (χ3v) is 6.46. The Morgan fingerprint density at radius 1 is 0.946 bits per heavy atom. The predicted molar refractivity (Wildman–Crippen MR) is 141 cm³/mol. The van der Waals surface area contributed by atoms with Crippen LogP contribution >= 0.6 is 0 Å². The van der Waals surface area contributed by atoms with Crippen LogP contribution in [-0.4, -0.2) is 29.9 Å². The highest BCUT2D eigenvalue weighted by molar-refractivity contribution is 5.95. The maximum Gasteiger partial charge on any atom is 0.262 e. The second-order valence-electron chi connectivity index (χ2n) is 9.14. The van der Waals surface area contributed by atoms with E-state index in [2.05, 4.69) is 11.4 Å². The molecule has 1 aliphatic rings. The molecule has 0 saturated carbocycles. The maximum atomic E-state index is 13.6. The Morgan fingerprint density at radius 3 is 2.54 bits per heavy atom. The quantitative estimate of drug-likeness (QED) is 0.361. The first-order chi connectivity index (χ1) is 18.0. The van der Waals surface area contributed by atoms with Gasteiger partial charge in [-0.25, -0.2) is 4.39 Å². The number of ether oxygens (including phenoxy) is 1. The molecule has 2 amide bonds. The number of carbonyl (C=O) groups excluding carboxylic acids is 2. The van der Waals surface area contributed by atoms with Gasteiger partial charge in [0.05, 0.1) is 6.04 Å². The molecular weight excluding hydrogens is 467 g/mol. The van der Waals surface area contributed by atoms with Gasteiger partial charge in [-0.1, -0.05) is 60.2 Å². The average Bonchev–Trinajstić information content (AvgIpc) is 2.91. The summed E-state index contributed by atoms with van der Waals surface area (Å²) in [6.07, 6.45) is 0.719. The second kappa shape index (κ2) is 10.7. The van der Waals surface area contributed by atoms with E-state index in [0.29, 0.717) is 23.5 Å². The lowest BCUT2D eigenvalue weighted by atomic mass is 9.87. The van der Waals surface area contributed by atoms with Crippen molar-refractivity contribution in [1.82, 2.24) is 4.90 Å². The smallest absolute Gasteiger partial charge is 0.262 e. The first-order valence-corrected chi connectivity index (χ1v) is 12.2. The fourth-order valence-electron chi connectivity index (χ4n) is 4.76. The number of nitrogens with one attached hydrogen (secondary N) is 1. The van der Waals surface area contributed by atoms with Crippen LogP contribution in [0.15, 0.2) is 97.1 Å². The van der Waals surface area contributed by atoms with Crippen LogP contribution in [-0.2, 0) is 11.2 Å². The predicted octanol–water partition coefficient (Wildman–Crippen LogP) is 5.94. The fourth-order valence-corrected chi connectivity index (χ4v) is 4.76. The van der Waals surface area contributed by atoms with Gasteiger partial charge in [-0.2, -0.15) is 0 Å². The zero-order valence-electron chi connectivity index (χ0n) is 20.5. The standard InChI is InChI=1S/C31H27FN2O3/c1-21-7-5-10-24(17-21)30-28-19-27(37-20-29(35)33-26-12-6-11-25(32)18-26)14-13-22(28)15-16-34(30)31(36)23-8-3-2-4-9-23/h2-14,17-19,30H,15-16,20H2,1H3,(H,33,35)/t30-/m0/s1. The van der Waals surface area contributed by atoms with Crippen molar-refractivity contribution in [2.45, 2.75) is 19.4 Å². The van der Waals surface area contributed by atoms with Gasteiger partial charge in [-0.3, -0.25) is 9.59 Å². The van der Waals surface area contributed by atoms with E-state index in [0.717, 1.165) is 28.7 Å². The number of benzene rings is 4. The molecule has 6 heteroatoms. The van der Waals surface area contributed by atoms with Crippen LogP contribution < -0.4 is 10.1 Å². The van der Waals surface area contributed by atoms with Crippen LogP contribution in [0.25, 0.3) is 0 Å². The zero-order valence-corrected chi connectivity index (χ0v) is 20.5. The van der Waals surface area contributed by atoms with Gasteiger partial charge in [0.15, 0.2) is 6.61 Å². The van der Waals surface area contributed by atoms with Crippen LogP contribution in [0.3, 0.4) is 0 Å². The first-order valence-electron chi connectivity index (χ1n) is 12.2. The summed E-state index contributed by atoms with van der Waals surface area (Å²) in [6.45, 7) is 2.40. The normalized spacial score (nSPS) is 14.5. The molecular formula is C31H27FN2O3. The van der Waals surface area contributed by atoms with Gasteiger partial charge in [-0.05, 0) is 72.5 Å². The minimum absolute atomic E-state index is 0.0291. The molecule has 0 saturated heterocycles. The Labute approximate surface area is 215 Å². The molecule has 0 spiro atoms. The maximum absolute atomic E-state index is 13.6. The molecule has 4 aromatic rings. The molecule has 186 valence electrons. The Bertz CT molecular complexity index is 1440. The zero-order chi connectivity index (χ0) is 25.8. The number of aryl methyl sites for hydroxylation is 1. The summed E-state index contributed by atoms with van der Waals surface area (Å²) in [4.78, 5) is 27.9. The lowest BCUT2D eigenvalue weighted by Crippen LogP contribution is -2.40. The van der Waals surface area contributed by atoms with Crippen LogP contribution in [0.4, 0.5) is 10.1 Å². The number of fused-ring (bicyclic) bond motifs is 1. The van der Waals surface area contributed by atoms with E-state index < -0.39 is 5.82 Å². The van der Waals surface area contributed by atoms with E-state index >= 15 is 0 Å². The fraction of sp³-hybridized carbons (Fsp3) is 0.161. The van der Waals surface area contributed by atoms with Crippen molar-refractivity contribution in [2.24, 2.45) is 0 Å². The lowest BCUT2D eigenvalue weighted by molar-refractivity contribution is -0.118. The highest BCUT2D eigenvalue weighted by Gasteiger charge is 2.33. The SMILES string of the molecule is Cc1cccc([C@H]2c3cc(OCC(=O)Nc4cccc(F)c4)ccc3CCN2C(=O)c2ccccc2)c1. The summed E-state index contributed by atoms with van der Waals surface area (Å²) in [6, 6.07) is 28.7. The highest BCUT2D eigenvalue weighted by atomic mass is 19.1. The van der Waals surface area contributed by atoms with E-state index in [1.807, 2.05) is 78.6 Å². The number of hydrogen-bond acceptors (Lipinski definition) is 3. The molecule has 0 aliphatic carbocycles. The average molecular weight is 495 g/mol. The monoisotopic (exact) mass is 494 g/mol. The summed E-state index contributed by atoms with van der Waals surface area (Å²) in [5.74, 6) is -0.317. The molecule has 0 bridgehead atoms. The van der Waals surface area contributed by atoms with Crippen molar-refractivity contribution in [2.75, 3.05) is 18.5 Å². The third kappa shape index (κ3) is 5.54. The molecule has 1 N–H and O–H groups in total. The number of halogens is 1. The van der Waals surface area contributed by atoms with Crippen LogP contribution in [0.5, 0.6) is 5.75 Å². The number of carbonyl (C=O) groups is 2. The van der Waals surface area contributed by atoms with E-state index in [1.54, 1.807) is 6.07 Å². The summed E-state index contributed by atoms with van der Waals surface area (Å²) in [5, 5.41) is 2.64. The Balaban J connectivity index is 1.42. The summed E-state index contributed by atoms with van der Waals surface area (Å²) >= 11 is 0. The van der Waals surface area contributed by atoms with Gasteiger partial charge < -0.3 is 15.0 Å². The first kappa shape index (κ1) is 24.3. The Hall–Kier alpha value is -4.45. The molecule has 0 aromatic heterocycles.